The zero-order chi connectivity index (χ0) is 13.7. The fourth-order valence-corrected chi connectivity index (χ4v) is 3.96. The van der Waals surface area contributed by atoms with Crippen LogP contribution >= 0.6 is 0 Å². The summed E-state index contributed by atoms with van der Waals surface area (Å²) in [5, 5.41) is 3.24. The third kappa shape index (κ3) is 3.43. The molecule has 1 unspecified atom stereocenters. The molecule has 19 heavy (non-hydrogen) atoms. The maximum absolute atomic E-state index is 12.0. The minimum absolute atomic E-state index is 0.121. The van der Waals surface area contributed by atoms with Crippen LogP contribution in [0.3, 0.4) is 0 Å². The van der Waals surface area contributed by atoms with Gasteiger partial charge < -0.3 is 10.1 Å². The van der Waals surface area contributed by atoms with Gasteiger partial charge in [-0.25, -0.2) is 8.42 Å². The Morgan fingerprint density at radius 2 is 2.16 bits per heavy atom. The van der Waals surface area contributed by atoms with Crippen molar-refractivity contribution in [2.24, 2.45) is 0 Å². The van der Waals surface area contributed by atoms with Crippen LogP contribution < -0.4 is 5.32 Å². The monoisotopic (exact) mass is 281 g/mol. The molecule has 0 aromatic heterocycles. The number of fused-ring (bicyclic) bond motifs is 1. The number of sulfone groups is 1. The standard InChI is InChI=1S/C14H19NO3S/c1-2-3-9-18-10-8-15-13-11-19(16,17)14-7-5-4-6-12(13)14/h2,4-7,13,15H,1,3,8-11H2. The first-order valence-electron chi connectivity index (χ1n) is 6.39. The maximum Gasteiger partial charge on any atom is 0.180 e. The quantitative estimate of drug-likeness (QED) is 0.610. The summed E-state index contributed by atoms with van der Waals surface area (Å²) < 4.78 is 29.3. The van der Waals surface area contributed by atoms with E-state index in [1.54, 1.807) is 12.1 Å². The summed E-state index contributed by atoms with van der Waals surface area (Å²) in [6.07, 6.45) is 2.65. The van der Waals surface area contributed by atoms with E-state index in [0.29, 0.717) is 24.7 Å². The van der Waals surface area contributed by atoms with Gasteiger partial charge in [-0.15, -0.1) is 6.58 Å². The van der Waals surface area contributed by atoms with Crippen LogP contribution in [0.5, 0.6) is 0 Å². The molecule has 1 aliphatic heterocycles. The lowest BCUT2D eigenvalue weighted by Crippen LogP contribution is -2.26. The van der Waals surface area contributed by atoms with Crippen molar-refractivity contribution in [1.82, 2.24) is 5.32 Å². The third-order valence-electron chi connectivity index (χ3n) is 3.12. The highest BCUT2D eigenvalue weighted by Gasteiger charge is 2.33. The molecular weight excluding hydrogens is 262 g/mol. The summed E-state index contributed by atoms with van der Waals surface area (Å²) >= 11 is 0. The van der Waals surface area contributed by atoms with Crippen LogP contribution in [0.25, 0.3) is 0 Å². The van der Waals surface area contributed by atoms with Crippen molar-refractivity contribution >= 4 is 9.84 Å². The highest BCUT2D eigenvalue weighted by atomic mass is 32.2. The molecule has 1 heterocycles. The molecule has 1 aromatic rings. The van der Waals surface area contributed by atoms with Gasteiger partial charge in [-0.3, -0.25) is 0 Å². The maximum atomic E-state index is 12.0. The van der Waals surface area contributed by atoms with E-state index in [9.17, 15) is 8.42 Å². The summed E-state index contributed by atoms with van der Waals surface area (Å²) in [6.45, 7) is 5.50. The lowest BCUT2D eigenvalue weighted by Gasteiger charge is -2.12. The first-order chi connectivity index (χ1) is 9.15. The lowest BCUT2D eigenvalue weighted by molar-refractivity contribution is 0.139. The first-order valence-corrected chi connectivity index (χ1v) is 8.04. The van der Waals surface area contributed by atoms with Gasteiger partial charge in [0, 0.05) is 12.6 Å². The van der Waals surface area contributed by atoms with Crippen LogP contribution in [0.15, 0.2) is 41.8 Å². The molecule has 4 nitrogen and oxygen atoms in total. The average Bonchev–Trinajstić information content (AvgIpc) is 2.66. The topological polar surface area (TPSA) is 55.4 Å². The fourth-order valence-electron chi connectivity index (χ4n) is 2.19. The number of rotatable bonds is 7. The molecule has 0 aliphatic carbocycles. The van der Waals surface area contributed by atoms with Crippen LogP contribution in [0.1, 0.15) is 18.0 Å². The molecule has 0 fully saturated rings. The normalized spacial score (nSPS) is 20.1. The van der Waals surface area contributed by atoms with Gasteiger partial charge in [0.2, 0.25) is 0 Å². The molecule has 0 saturated heterocycles. The Balaban J connectivity index is 1.88. The number of benzene rings is 1. The van der Waals surface area contributed by atoms with Crippen molar-refractivity contribution in [3.05, 3.63) is 42.5 Å². The Bertz CT molecular complexity index is 539. The second kappa shape index (κ2) is 6.32. The SMILES string of the molecule is C=CCCOCCNC1CS(=O)(=O)c2ccccc21. The van der Waals surface area contributed by atoms with E-state index in [1.165, 1.54) is 0 Å². The zero-order valence-corrected chi connectivity index (χ0v) is 11.7. The molecule has 104 valence electrons. The molecule has 0 amide bonds. The van der Waals surface area contributed by atoms with Crippen molar-refractivity contribution in [2.45, 2.75) is 17.4 Å². The van der Waals surface area contributed by atoms with Crippen LogP contribution in [0.4, 0.5) is 0 Å². The molecule has 1 aromatic carbocycles. The molecule has 0 bridgehead atoms. The summed E-state index contributed by atoms with van der Waals surface area (Å²) in [4.78, 5) is 0.458. The van der Waals surface area contributed by atoms with E-state index in [2.05, 4.69) is 11.9 Å². The van der Waals surface area contributed by atoms with E-state index in [0.717, 1.165) is 12.0 Å². The van der Waals surface area contributed by atoms with Gasteiger partial charge in [0.25, 0.3) is 0 Å². The number of nitrogens with one attached hydrogen (secondary N) is 1. The van der Waals surface area contributed by atoms with Gasteiger partial charge in [0.15, 0.2) is 9.84 Å². The molecular formula is C14H19NO3S. The van der Waals surface area contributed by atoms with Crippen LogP contribution in [-0.4, -0.2) is 33.9 Å². The van der Waals surface area contributed by atoms with Crippen molar-refractivity contribution in [1.29, 1.82) is 0 Å². The second-order valence-electron chi connectivity index (χ2n) is 4.52. The number of ether oxygens (including phenoxy) is 1. The molecule has 5 heteroatoms. The predicted molar refractivity (Wildman–Crippen MR) is 74.9 cm³/mol. The van der Waals surface area contributed by atoms with E-state index in [1.807, 2.05) is 18.2 Å². The van der Waals surface area contributed by atoms with Crippen LogP contribution in [0, 0.1) is 0 Å². The Morgan fingerprint density at radius 3 is 2.95 bits per heavy atom. The van der Waals surface area contributed by atoms with E-state index < -0.39 is 9.84 Å². The Kier molecular flexibility index (Phi) is 4.74. The fraction of sp³-hybridized carbons (Fsp3) is 0.429. The van der Waals surface area contributed by atoms with Crippen molar-refractivity contribution in [3.63, 3.8) is 0 Å². The summed E-state index contributed by atoms with van der Waals surface area (Å²) in [6, 6.07) is 7.05. The smallest absolute Gasteiger partial charge is 0.180 e. The van der Waals surface area contributed by atoms with Crippen molar-refractivity contribution in [2.75, 3.05) is 25.5 Å². The van der Waals surface area contributed by atoms with Gasteiger partial charge >= 0.3 is 0 Å². The molecule has 0 radical (unpaired) electrons. The van der Waals surface area contributed by atoms with Crippen LogP contribution in [0.2, 0.25) is 0 Å². The predicted octanol–water partition coefficient (Wildman–Crippen LogP) is 1.70. The highest BCUT2D eigenvalue weighted by molar-refractivity contribution is 7.91. The highest BCUT2D eigenvalue weighted by Crippen LogP contribution is 2.32. The minimum Gasteiger partial charge on any atom is -0.380 e. The second-order valence-corrected chi connectivity index (χ2v) is 6.52. The lowest BCUT2D eigenvalue weighted by atomic mass is 10.1. The van der Waals surface area contributed by atoms with E-state index in [-0.39, 0.29) is 11.8 Å². The third-order valence-corrected chi connectivity index (χ3v) is 4.93. The van der Waals surface area contributed by atoms with E-state index >= 15 is 0 Å². The summed E-state index contributed by atoms with van der Waals surface area (Å²) in [7, 11) is -3.12. The van der Waals surface area contributed by atoms with Gasteiger partial charge in [0.05, 0.1) is 23.9 Å². The molecule has 1 N–H and O–H groups in total. The van der Waals surface area contributed by atoms with Gasteiger partial charge in [0.1, 0.15) is 0 Å². The summed E-state index contributed by atoms with van der Waals surface area (Å²) in [5.74, 6) is 0.138. The first kappa shape index (κ1) is 14.2. The largest absolute Gasteiger partial charge is 0.380 e. The Labute approximate surface area is 114 Å². The van der Waals surface area contributed by atoms with Gasteiger partial charge in [-0.1, -0.05) is 24.3 Å². The number of hydrogen-bond donors (Lipinski definition) is 1. The molecule has 2 rings (SSSR count). The zero-order valence-electron chi connectivity index (χ0n) is 10.8. The van der Waals surface area contributed by atoms with Crippen LogP contribution in [-0.2, 0) is 14.6 Å². The van der Waals surface area contributed by atoms with Gasteiger partial charge in [-0.05, 0) is 18.1 Å². The molecule has 0 spiro atoms. The molecule has 0 saturated carbocycles. The Hall–Kier alpha value is -1.17. The molecule has 1 atom stereocenters. The molecule has 1 aliphatic rings. The van der Waals surface area contributed by atoms with E-state index in [4.69, 9.17) is 4.74 Å². The van der Waals surface area contributed by atoms with Gasteiger partial charge in [-0.2, -0.15) is 0 Å². The number of hydrogen-bond acceptors (Lipinski definition) is 4. The minimum atomic E-state index is -3.12. The van der Waals surface area contributed by atoms with Crippen molar-refractivity contribution < 1.29 is 13.2 Å². The average molecular weight is 281 g/mol. The van der Waals surface area contributed by atoms with Crippen molar-refractivity contribution in [3.8, 4) is 0 Å². The Morgan fingerprint density at radius 1 is 1.37 bits per heavy atom. The summed E-state index contributed by atoms with van der Waals surface area (Å²) in [5.41, 5.74) is 0.869.